The molecule has 0 fully saturated rings. The van der Waals surface area contributed by atoms with Gasteiger partial charge in [0.25, 0.3) is 0 Å². The normalized spacial score (nSPS) is 14.0. The number of fused-ring (bicyclic) bond motifs is 1. The predicted octanol–water partition coefficient (Wildman–Crippen LogP) is 2.20. The number of hydrogen-bond donors (Lipinski definition) is 1. The molecule has 2 aromatic rings. The first kappa shape index (κ1) is 13.9. The Kier molecular flexibility index (Phi) is 3.59. The van der Waals surface area contributed by atoms with Crippen molar-refractivity contribution < 1.29 is 4.79 Å². The maximum Gasteiger partial charge on any atom is 0.219 e. The quantitative estimate of drug-likeness (QED) is 0.921. The summed E-state index contributed by atoms with van der Waals surface area (Å²) in [6.07, 6.45) is 2.60. The molecule has 0 unspecified atom stereocenters. The van der Waals surface area contributed by atoms with Gasteiger partial charge < -0.3 is 10.2 Å². The van der Waals surface area contributed by atoms with Gasteiger partial charge in [-0.15, -0.1) is 11.3 Å². The monoisotopic (exact) mass is 303 g/mol. The number of aromatic nitrogens is 3. The zero-order valence-electron chi connectivity index (χ0n) is 12.3. The van der Waals surface area contributed by atoms with E-state index in [1.54, 1.807) is 18.3 Å². The molecular formula is C14H17N5OS. The lowest BCUT2D eigenvalue weighted by Crippen LogP contribution is -2.35. The van der Waals surface area contributed by atoms with Gasteiger partial charge in [-0.1, -0.05) is 0 Å². The molecule has 1 amide bonds. The number of hydrogen-bond acceptors (Lipinski definition) is 6. The van der Waals surface area contributed by atoms with Crippen LogP contribution >= 0.6 is 11.3 Å². The van der Waals surface area contributed by atoms with Crippen LogP contribution in [0.1, 0.15) is 28.9 Å². The fourth-order valence-corrected chi connectivity index (χ4v) is 3.09. The first-order valence-corrected chi connectivity index (χ1v) is 7.66. The van der Waals surface area contributed by atoms with Gasteiger partial charge >= 0.3 is 0 Å². The molecule has 0 saturated carbocycles. The third kappa shape index (κ3) is 2.87. The second-order valence-electron chi connectivity index (χ2n) is 5.14. The summed E-state index contributed by atoms with van der Waals surface area (Å²) >= 11 is 1.58. The Bertz CT molecular complexity index is 697. The Morgan fingerprint density at radius 3 is 2.86 bits per heavy atom. The molecule has 0 saturated heterocycles. The summed E-state index contributed by atoms with van der Waals surface area (Å²) in [5, 5.41) is 4.08. The average molecular weight is 303 g/mol. The Balaban J connectivity index is 1.96. The molecule has 1 N–H and O–H groups in total. The fourth-order valence-electron chi connectivity index (χ4n) is 2.42. The van der Waals surface area contributed by atoms with Crippen LogP contribution in [-0.2, 0) is 17.8 Å². The maximum absolute atomic E-state index is 11.6. The Morgan fingerprint density at radius 1 is 1.38 bits per heavy atom. The smallest absolute Gasteiger partial charge is 0.219 e. The van der Waals surface area contributed by atoms with Crippen LogP contribution in [0.5, 0.6) is 0 Å². The maximum atomic E-state index is 11.6. The lowest BCUT2D eigenvalue weighted by atomic mass is 10.1. The van der Waals surface area contributed by atoms with Gasteiger partial charge in [0.2, 0.25) is 5.91 Å². The molecule has 0 aliphatic carbocycles. The zero-order chi connectivity index (χ0) is 15.0. The summed E-state index contributed by atoms with van der Waals surface area (Å²) in [7, 11) is 0. The van der Waals surface area contributed by atoms with Gasteiger partial charge in [0.1, 0.15) is 11.6 Å². The van der Waals surface area contributed by atoms with Gasteiger partial charge in [0, 0.05) is 36.5 Å². The highest BCUT2D eigenvalue weighted by molar-refractivity contribution is 7.15. The molecular weight excluding hydrogens is 286 g/mol. The number of aryl methyl sites for hydroxylation is 2. The summed E-state index contributed by atoms with van der Waals surface area (Å²) in [6, 6.07) is 0. The molecule has 0 spiro atoms. The van der Waals surface area contributed by atoms with Crippen molar-refractivity contribution in [2.24, 2.45) is 0 Å². The van der Waals surface area contributed by atoms with Gasteiger partial charge in [0.15, 0.2) is 5.13 Å². The molecule has 0 atom stereocenters. The van der Waals surface area contributed by atoms with Crippen molar-refractivity contribution in [2.45, 2.75) is 33.7 Å². The largest absolute Gasteiger partial charge is 0.338 e. The second kappa shape index (κ2) is 5.40. The Hall–Kier alpha value is -2.02. The number of nitrogens with zero attached hydrogens (tertiary/aromatic N) is 4. The van der Waals surface area contributed by atoms with E-state index in [0.717, 1.165) is 39.3 Å². The molecule has 0 bridgehead atoms. The summed E-state index contributed by atoms with van der Waals surface area (Å²) in [5.74, 6) is 1.58. The third-order valence-corrected chi connectivity index (χ3v) is 4.29. The van der Waals surface area contributed by atoms with E-state index in [2.05, 4.69) is 20.3 Å². The molecule has 0 radical (unpaired) electrons. The van der Waals surface area contributed by atoms with Crippen LogP contribution < -0.4 is 5.32 Å². The topological polar surface area (TPSA) is 71.0 Å². The van der Waals surface area contributed by atoms with Gasteiger partial charge in [-0.25, -0.2) is 15.0 Å². The minimum absolute atomic E-state index is 0.0808. The molecule has 2 aromatic heterocycles. The van der Waals surface area contributed by atoms with E-state index in [0.29, 0.717) is 13.1 Å². The van der Waals surface area contributed by atoms with Crippen LogP contribution in [-0.4, -0.2) is 32.3 Å². The van der Waals surface area contributed by atoms with E-state index >= 15 is 0 Å². The number of rotatable bonds is 2. The van der Waals surface area contributed by atoms with Crippen LogP contribution in [0, 0.1) is 13.8 Å². The molecule has 0 aromatic carbocycles. The van der Waals surface area contributed by atoms with E-state index < -0.39 is 0 Å². The highest BCUT2D eigenvalue weighted by Gasteiger charge is 2.23. The van der Waals surface area contributed by atoms with Crippen LogP contribution in [0.3, 0.4) is 0 Å². The van der Waals surface area contributed by atoms with E-state index in [1.807, 2.05) is 24.9 Å². The molecule has 1 aliphatic rings. The Labute approximate surface area is 127 Å². The van der Waals surface area contributed by atoms with Crippen molar-refractivity contribution in [3.05, 3.63) is 28.2 Å². The molecule has 3 rings (SSSR count). The molecule has 3 heterocycles. The first-order chi connectivity index (χ1) is 10.0. The SMILES string of the molecule is CC(=O)N1CCc2nc(C)nc(Nc3ncc(C)s3)c2C1. The van der Waals surface area contributed by atoms with E-state index in [-0.39, 0.29) is 5.91 Å². The molecule has 7 heteroatoms. The van der Waals surface area contributed by atoms with E-state index in [4.69, 9.17) is 0 Å². The van der Waals surface area contributed by atoms with Crippen molar-refractivity contribution in [3.63, 3.8) is 0 Å². The van der Waals surface area contributed by atoms with Gasteiger partial charge in [0.05, 0.1) is 12.2 Å². The standard InChI is InChI=1S/C14H17N5OS/c1-8-6-15-14(21-8)18-13-11-7-19(10(3)20)5-4-12(11)16-9(2)17-13/h6H,4-5,7H2,1-3H3,(H,15,16,17,18). The fraction of sp³-hybridized carbons (Fsp3) is 0.429. The number of carbonyl (C=O) groups excluding carboxylic acids is 1. The molecule has 21 heavy (non-hydrogen) atoms. The average Bonchev–Trinajstić information content (AvgIpc) is 2.83. The van der Waals surface area contributed by atoms with Crippen molar-refractivity contribution >= 4 is 28.2 Å². The second-order valence-corrected chi connectivity index (χ2v) is 6.37. The minimum atomic E-state index is 0.0808. The summed E-state index contributed by atoms with van der Waals surface area (Å²) in [5.41, 5.74) is 2.02. The van der Waals surface area contributed by atoms with Crippen LogP contribution in [0.2, 0.25) is 0 Å². The predicted molar refractivity (Wildman–Crippen MR) is 81.7 cm³/mol. The van der Waals surface area contributed by atoms with Crippen LogP contribution in [0.15, 0.2) is 6.20 Å². The van der Waals surface area contributed by atoms with Crippen LogP contribution in [0.25, 0.3) is 0 Å². The third-order valence-electron chi connectivity index (χ3n) is 3.46. The summed E-state index contributed by atoms with van der Waals surface area (Å²) < 4.78 is 0. The summed E-state index contributed by atoms with van der Waals surface area (Å²) in [4.78, 5) is 27.9. The Morgan fingerprint density at radius 2 is 2.19 bits per heavy atom. The molecule has 110 valence electrons. The van der Waals surface area contributed by atoms with E-state index in [9.17, 15) is 4.79 Å². The minimum Gasteiger partial charge on any atom is -0.338 e. The molecule has 6 nitrogen and oxygen atoms in total. The van der Waals surface area contributed by atoms with Gasteiger partial charge in [-0.05, 0) is 13.8 Å². The van der Waals surface area contributed by atoms with E-state index in [1.165, 1.54) is 0 Å². The summed E-state index contributed by atoms with van der Waals surface area (Å²) in [6.45, 7) is 6.76. The lowest BCUT2D eigenvalue weighted by Gasteiger charge is -2.28. The van der Waals surface area contributed by atoms with Crippen molar-refractivity contribution in [3.8, 4) is 0 Å². The number of amides is 1. The number of carbonyl (C=O) groups is 1. The lowest BCUT2D eigenvalue weighted by molar-refractivity contribution is -0.129. The van der Waals surface area contributed by atoms with Crippen molar-refractivity contribution in [1.29, 1.82) is 0 Å². The first-order valence-electron chi connectivity index (χ1n) is 6.84. The highest BCUT2D eigenvalue weighted by Crippen LogP contribution is 2.28. The van der Waals surface area contributed by atoms with Gasteiger partial charge in [-0.2, -0.15) is 0 Å². The number of thiazole rings is 1. The highest BCUT2D eigenvalue weighted by atomic mass is 32.1. The van der Waals surface area contributed by atoms with Crippen molar-refractivity contribution in [2.75, 3.05) is 11.9 Å². The number of nitrogens with one attached hydrogen (secondary N) is 1. The molecule has 1 aliphatic heterocycles. The zero-order valence-corrected chi connectivity index (χ0v) is 13.1. The number of anilines is 2. The van der Waals surface area contributed by atoms with Gasteiger partial charge in [-0.3, -0.25) is 4.79 Å². The van der Waals surface area contributed by atoms with Crippen LogP contribution in [0.4, 0.5) is 10.9 Å². The van der Waals surface area contributed by atoms with Crippen molar-refractivity contribution in [1.82, 2.24) is 19.9 Å².